The fraction of sp³-hybridized carbons (Fsp3) is 0.500. The minimum atomic E-state index is 0. The highest BCUT2D eigenvalue weighted by atomic mass is 127. The van der Waals surface area contributed by atoms with Gasteiger partial charge in [0.1, 0.15) is 0 Å². The molecule has 0 spiro atoms. The number of aliphatic imine (C=N–C) groups is 1. The lowest BCUT2D eigenvalue weighted by atomic mass is 10.3. The number of methoxy groups -OCH3 is 1. The standard InChI is InChI=1S/C14H21N3O3.HI/c1-18-7-2-6-16-14(15)17-11-4-5-12-13(10-11)20-9-3-8-19-12;/h4-5,10H,2-3,6-9H2,1H3,(H3,15,16,17);1H. The molecule has 2 rings (SSSR count). The fourth-order valence-electron chi connectivity index (χ4n) is 1.84. The monoisotopic (exact) mass is 407 g/mol. The number of fused-ring (bicyclic) bond motifs is 1. The molecular weight excluding hydrogens is 385 g/mol. The Morgan fingerprint density at radius 1 is 1.33 bits per heavy atom. The molecule has 1 heterocycles. The number of nitrogens with zero attached hydrogens (tertiary/aromatic N) is 1. The van der Waals surface area contributed by atoms with Crippen molar-refractivity contribution in [3.8, 4) is 11.5 Å². The van der Waals surface area contributed by atoms with Gasteiger partial charge in [-0.1, -0.05) is 0 Å². The molecule has 6 nitrogen and oxygen atoms in total. The molecule has 118 valence electrons. The summed E-state index contributed by atoms with van der Waals surface area (Å²) >= 11 is 0. The summed E-state index contributed by atoms with van der Waals surface area (Å²) in [4.78, 5) is 4.22. The predicted molar refractivity (Wildman–Crippen MR) is 94.1 cm³/mol. The zero-order chi connectivity index (χ0) is 14.2. The summed E-state index contributed by atoms with van der Waals surface area (Å²) in [6.07, 6.45) is 1.74. The molecule has 1 aromatic rings. The van der Waals surface area contributed by atoms with Crippen molar-refractivity contribution >= 4 is 35.6 Å². The van der Waals surface area contributed by atoms with E-state index in [1.54, 1.807) is 7.11 Å². The number of ether oxygens (including phenoxy) is 3. The highest BCUT2D eigenvalue weighted by molar-refractivity contribution is 14.0. The Hall–Kier alpha value is -1.22. The molecule has 3 N–H and O–H groups in total. The topological polar surface area (TPSA) is 78.1 Å². The molecule has 1 aliphatic rings. The van der Waals surface area contributed by atoms with Crippen LogP contribution in [0.15, 0.2) is 23.2 Å². The number of halogens is 1. The zero-order valence-corrected chi connectivity index (χ0v) is 14.5. The van der Waals surface area contributed by atoms with Crippen molar-refractivity contribution in [2.75, 3.05) is 38.8 Å². The second-order valence-electron chi connectivity index (χ2n) is 4.45. The average molecular weight is 407 g/mol. The maximum Gasteiger partial charge on any atom is 0.193 e. The number of rotatable bonds is 5. The van der Waals surface area contributed by atoms with Crippen LogP contribution in [0, 0.1) is 0 Å². The SMILES string of the molecule is COCCCN=C(N)Nc1ccc2c(c1)OCCCO2.I. The molecule has 0 aliphatic carbocycles. The summed E-state index contributed by atoms with van der Waals surface area (Å²) < 4.78 is 16.1. The summed E-state index contributed by atoms with van der Waals surface area (Å²) in [5, 5.41) is 3.04. The van der Waals surface area contributed by atoms with E-state index in [4.69, 9.17) is 19.9 Å². The third kappa shape index (κ3) is 5.96. The van der Waals surface area contributed by atoms with Gasteiger partial charge >= 0.3 is 0 Å². The maximum absolute atomic E-state index is 5.82. The number of benzene rings is 1. The number of guanidine groups is 1. The molecule has 21 heavy (non-hydrogen) atoms. The van der Waals surface area contributed by atoms with Crippen molar-refractivity contribution < 1.29 is 14.2 Å². The third-order valence-electron chi connectivity index (χ3n) is 2.81. The minimum Gasteiger partial charge on any atom is -0.490 e. The van der Waals surface area contributed by atoms with Gasteiger partial charge in [-0.25, -0.2) is 0 Å². The molecule has 0 fully saturated rings. The molecule has 0 bridgehead atoms. The Labute approximate surface area is 142 Å². The van der Waals surface area contributed by atoms with Crippen molar-refractivity contribution in [3.63, 3.8) is 0 Å². The second kappa shape index (κ2) is 9.67. The van der Waals surface area contributed by atoms with Crippen LogP contribution in [-0.2, 0) is 4.74 Å². The maximum atomic E-state index is 5.82. The summed E-state index contributed by atoms with van der Waals surface area (Å²) in [5.74, 6) is 1.89. The van der Waals surface area contributed by atoms with Crippen molar-refractivity contribution in [2.45, 2.75) is 12.8 Å². The molecule has 0 saturated carbocycles. The van der Waals surface area contributed by atoms with Crippen LogP contribution >= 0.6 is 24.0 Å². The molecule has 1 aromatic carbocycles. The van der Waals surface area contributed by atoms with Crippen molar-refractivity contribution in [2.24, 2.45) is 10.7 Å². The summed E-state index contributed by atoms with van der Waals surface area (Å²) in [5.41, 5.74) is 6.66. The van der Waals surface area contributed by atoms with Crippen molar-refractivity contribution in [1.82, 2.24) is 0 Å². The van der Waals surface area contributed by atoms with Gasteiger partial charge in [-0.05, 0) is 18.6 Å². The van der Waals surface area contributed by atoms with Crippen LogP contribution in [0.5, 0.6) is 11.5 Å². The Kier molecular flexibility index (Phi) is 8.21. The van der Waals surface area contributed by atoms with E-state index in [0.29, 0.717) is 32.3 Å². The smallest absolute Gasteiger partial charge is 0.193 e. The zero-order valence-electron chi connectivity index (χ0n) is 12.1. The minimum absolute atomic E-state index is 0. The van der Waals surface area contributed by atoms with Crippen LogP contribution < -0.4 is 20.5 Å². The summed E-state index contributed by atoms with van der Waals surface area (Å²) in [6.45, 7) is 2.66. The van der Waals surface area contributed by atoms with Crippen LogP contribution in [0.25, 0.3) is 0 Å². The fourth-order valence-corrected chi connectivity index (χ4v) is 1.84. The number of nitrogens with one attached hydrogen (secondary N) is 1. The van der Waals surface area contributed by atoms with Crippen LogP contribution in [-0.4, -0.2) is 39.4 Å². The molecule has 0 aromatic heterocycles. The van der Waals surface area contributed by atoms with Gasteiger partial charge < -0.3 is 25.3 Å². The number of nitrogens with two attached hydrogens (primary N) is 1. The molecule has 0 radical (unpaired) electrons. The first kappa shape index (κ1) is 17.8. The quantitative estimate of drug-likeness (QED) is 0.339. The van der Waals surface area contributed by atoms with Gasteiger partial charge in [-0.3, -0.25) is 4.99 Å². The van der Waals surface area contributed by atoms with E-state index in [1.165, 1.54) is 0 Å². The second-order valence-corrected chi connectivity index (χ2v) is 4.45. The van der Waals surface area contributed by atoms with E-state index in [2.05, 4.69) is 10.3 Å². The van der Waals surface area contributed by atoms with E-state index in [9.17, 15) is 0 Å². The predicted octanol–water partition coefficient (Wildman–Crippen LogP) is 2.23. The van der Waals surface area contributed by atoms with Gasteiger partial charge in [-0.15, -0.1) is 24.0 Å². The summed E-state index contributed by atoms with van der Waals surface area (Å²) in [6, 6.07) is 5.64. The molecular formula is C14H22IN3O3. The Morgan fingerprint density at radius 2 is 2.10 bits per heavy atom. The lowest BCUT2D eigenvalue weighted by molar-refractivity contribution is 0.197. The molecule has 1 aliphatic heterocycles. The molecule has 0 atom stereocenters. The lowest BCUT2D eigenvalue weighted by Gasteiger charge is -2.10. The van der Waals surface area contributed by atoms with Crippen LogP contribution in [0.1, 0.15) is 12.8 Å². The lowest BCUT2D eigenvalue weighted by Crippen LogP contribution is -2.23. The molecule has 0 amide bonds. The van der Waals surface area contributed by atoms with E-state index < -0.39 is 0 Å². The third-order valence-corrected chi connectivity index (χ3v) is 2.81. The van der Waals surface area contributed by atoms with Crippen molar-refractivity contribution in [3.05, 3.63) is 18.2 Å². The Balaban J connectivity index is 0.00000220. The normalized spacial score (nSPS) is 14.0. The van der Waals surface area contributed by atoms with Crippen LogP contribution in [0.3, 0.4) is 0 Å². The van der Waals surface area contributed by atoms with Gasteiger partial charge in [0.15, 0.2) is 17.5 Å². The highest BCUT2D eigenvalue weighted by Gasteiger charge is 2.10. The Morgan fingerprint density at radius 3 is 2.86 bits per heavy atom. The van der Waals surface area contributed by atoms with Crippen molar-refractivity contribution in [1.29, 1.82) is 0 Å². The summed E-state index contributed by atoms with van der Waals surface area (Å²) in [7, 11) is 1.67. The molecule has 0 saturated heterocycles. The Bertz CT molecular complexity index is 469. The van der Waals surface area contributed by atoms with Gasteiger partial charge in [0.25, 0.3) is 0 Å². The van der Waals surface area contributed by atoms with E-state index >= 15 is 0 Å². The van der Waals surface area contributed by atoms with Gasteiger partial charge in [0.2, 0.25) is 0 Å². The molecule has 0 unspecified atom stereocenters. The number of hydrogen-bond donors (Lipinski definition) is 2. The average Bonchev–Trinajstić information content (AvgIpc) is 2.68. The van der Waals surface area contributed by atoms with E-state index in [0.717, 1.165) is 30.0 Å². The first-order valence-corrected chi connectivity index (χ1v) is 6.75. The first-order valence-electron chi connectivity index (χ1n) is 6.75. The number of hydrogen-bond acceptors (Lipinski definition) is 4. The largest absolute Gasteiger partial charge is 0.490 e. The van der Waals surface area contributed by atoms with E-state index in [-0.39, 0.29) is 24.0 Å². The van der Waals surface area contributed by atoms with Crippen LogP contribution in [0.2, 0.25) is 0 Å². The molecule has 7 heteroatoms. The van der Waals surface area contributed by atoms with Gasteiger partial charge in [0.05, 0.1) is 13.2 Å². The number of anilines is 1. The first-order chi connectivity index (χ1) is 9.79. The van der Waals surface area contributed by atoms with Gasteiger partial charge in [-0.2, -0.15) is 0 Å². The van der Waals surface area contributed by atoms with Crippen LogP contribution in [0.4, 0.5) is 5.69 Å². The highest BCUT2D eigenvalue weighted by Crippen LogP contribution is 2.32. The van der Waals surface area contributed by atoms with E-state index in [1.807, 2.05) is 18.2 Å². The van der Waals surface area contributed by atoms with Gasteiger partial charge in [0, 0.05) is 38.4 Å².